The van der Waals surface area contributed by atoms with Crippen LogP contribution in [0.25, 0.3) is 0 Å². The Morgan fingerprint density at radius 3 is 2.27 bits per heavy atom. The van der Waals surface area contributed by atoms with Crippen molar-refractivity contribution in [2.45, 2.75) is 46.6 Å². The second-order valence-electron chi connectivity index (χ2n) is 4.84. The van der Waals surface area contributed by atoms with Gasteiger partial charge in [0.05, 0.1) is 0 Å². The van der Waals surface area contributed by atoms with Gasteiger partial charge in [-0.25, -0.2) is 5.32 Å². The molecule has 0 aromatic heterocycles. The van der Waals surface area contributed by atoms with Crippen molar-refractivity contribution >= 4 is 0 Å². The van der Waals surface area contributed by atoms with Crippen LogP contribution in [0.2, 0.25) is 0 Å². The maximum Gasteiger partial charge on any atom is 0.0320 e. The van der Waals surface area contributed by atoms with Crippen molar-refractivity contribution < 1.29 is 0 Å². The van der Waals surface area contributed by atoms with Gasteiger partial charge in [-0.3, -0.25) is 0 Å². The molecule has 1 nitrogen and oxygen atoms in total. The van der Waals surface area contributed by atoms with E-state index in [2.05, 4.69) is 33.0 Å². The Hall–Kier alpha value is -0.0400. The molecule has 1 rings (SSSR count). The number of nitrogens with zero attached hydrogens (tertiary/aromatic N) is 1. The molecule has 0 saturated carbocycles. The summed E-state index contributed by atoms with van der Waals surface area (Å²) in [5.41, 5.74) is 0.375. The SMILES string of the molecule is CC1CCC[N]C1C(C)(C)C. The zero-order chi connectivity index (χ0) is 8.48. The molecule has 0 amide bonds. The molecule has 2 unspecified atom stereocenters. The lowest BCUT2D eigenvalue weighted by Crippen LogP contribution is -2.44. The topological polar surface area (TPSA) is 14.1 Å². The minimum absolute atomic E-state index is 0.375. The van der Waals surface area contributed by atoms with E-state index in [4.69, 9.17) is 0 Å². The van der Waals surface area contributed by atoms with Crippen molar-refractivity contribution in [1.29, 1.82) is 0 Å². The summed E-state index contributed by atoms with van der Waals surface area (Å²) < 4.78 is 0. The van der Waals surface area contributed by atoms with E-state index in [0.717, 1.165) is 12.5 Å². The van der Waals surface area contributed by atoms with Crippen molar-refractivity contribution in [3.8, 4) is 0 Å². The summed E-state index contributed by atoms with van der Waals surface area (Å²) in [6, 6.07) is 0.594. The first-order chi connectivity index (χ1) is 5.02. The lowest BCUT2D eigenvalue weighted by atomic mass is 9.76. The molecule has 1 fully saturated rings. The number of piperidine rings is 1. The zero-order valence-corrected chi connectivity index (χ0v) is 8.22. The van der Waals surface area contributed by atoms with Gasteiger partial charge >= 0.3 is 0 Å². The molecule has 11 heavy (non-hydrogen) atoms. The van der Waals surface area contributed by atoms with Crippen molar-refractivity contribution in [2.24, 2.45) is 11.3 Å². The molecule has 0 N–H and O–H groups in total. The predicted octanol–water partition coefficient (Wildman–Crippen LogP) is 2.44. The largest absolute Gasteiger partial charge is 0.238 e. The molecule has 1 aliphatic rings. The van der Waals surface area contributed by atoms with E-state index in [1.165, 1.54) is 12.8 Å². The average molecular weight is 154 g/mol. The van der Waals surface area contributed by atoms with Crippen LogP contribution in [-0.2, 0) is 0 Å². The molecule has 1 heteroatoms. The molecule has 0 aromatic carbocycles. The van der Waals surface area contributed by atoms with E-state index in [0.29, 0.717) is 11.5 Å². The van der Waals surface area contributed by atoms with Gasteiger partial charge < -0.3 is 0 Å². The molecule has 2 atom stereocenters. The predicted molar refractivity (Wildman–Crippen MR) is 48.6 cm³/mol. The lowest BCUT2D eigenvalue weighted by Gasteiger charge is -2.38. The Kier molecular flexibility index (Phi) is 2.58. The van der Waals surface area contributed by atoms with Crippen LogP contribution < -0.4 is 5.32 Å². The van der Waals surface area contributed by atoms with Crippen LogP contribution in [0.1, 0.15) is 40.5 Å². The van der Waals surface area contributed by atoms with Crippen LogP contribution in [0.15, 0.2) is 0 Å². The monoisotopic (exact) mass is 154 g/mol. The molecule has 0 bridgehead atoms. The van der Waals surface area contributed by atoms with Crippen molar-refractivity contribution in [3.63, 3.8) is 0 Å². The molecule has 65 valence electrons. The van der Waals surface area contributed by atoms with Gasteiger partial charge in [0.1, 0.15) is 0 Å². The van der Waals surface area contributed by atoms with Gasteiger partial charge in [0.25, 0.3) is 0 Å². The Labute approximate surface area is 70.6 Å². The van der Waals surface area contributed by atoms with Gasteiger partial charge in [-0.2, -0.15) is 0 Å². The van der Waals surface area contributed by atoms with Crippen LogP contribution in [0, 0.1) is 11.3 Å². The van der Waals surface area contributed by atoms with Crippen LogP contribution in [0.5, 0.6) is 0 Å². The molecule has 1 radical (unpaired) electrons. The number of rotatable bonds is 0. The number of hydrogen-bond donors (Lipinski definition) is 0. The quantitative estimate of drug-likeness (QED) is 0.509. The normalized spacial score (nSPS) is 33.8. The van der Waals surface area contributed by atoms with Crippen molar-refractivity contribution in [2.75, 3.05) is 6.54 Å². The molecule has 0 spiro atoms. The summed E-state index contributed by atoms with van der Waals surface area (Å²) in [6.45, 7) is 10.3. The van der Waals surface area contributed by atoms with Crippen molar-refractivity contribution in [3.05, 3.63) is 0 Å². The first-order valence-electron chi connectivity index (χ1n) is 4.68. The Morgan fingerprint density at radius 1 is 1.27 bits per heavy atom. The first-order valence-corrected chi connectivity index (χ1v) is 4.68. The van der Waals surface area contributed by atoms with E-state index < -0.39 is 0 Å². The van der Waals surface area contributed by atoms with Crippen LogP contribution in [-0.4, -0.2) is 12.6 Å². The van der Waals surface area contributed by atoms with Gasteiger partial charge in [0.2, 0.25) is 0 Å². The maximum absolute atomic E-state index is 4.68. The van der Waals surface area contributed by atoms with Crippen LogP contribution in [0.4, 0.5) is 0 Å². The summed E-state index contributed by atoms with van der Waals surface area (Å²) in [4.78, 5) is 0. The Bertz CT molecular complexity index is 123. The van der Waals surface area contributed by atoms with Crippen LogP contribution >= 0.6 is 0 Å². The fraction of sp³-hybridized carbons (Fsp3) is 1.00. The summed E-state index contributed by atoms with van der Waals surface area (Å²) in [6.07, 6.45) is 2.67. The second kappa shape index (κ2) is 3.14. The maximum atomic E-state index is 4.68. The van der Waals surface area contributed by atoms with Gasteiger partial charge in [-0.1, -0.05) is 27.7 Å². The third kappa shape index (κ3) is 2.19. The highest BCUT2D eigenvalue weighted by atomic mass is 14.9. The lowest BCUT2D eigenvalue weighted by molar-refractivity contribution is 0.162. The standard InChI is InChI=1S/C10H20N/c1-8-6-5-7-11-9(8)10(2,3)4/h8-9H,5-7H2,1-4H3. The van der Waals surface area contributed by atoms with Gasteiger partial charge in [0.15, 0.2) is 0 Å². The zero-order valence-electron chi connectivity index (χ0n) is 8.22. The first kappa shape index (κ1) is 9.05. The smallest absolute Gasteiger partial charge is 0.0320 e. The van der Waals surface area contributed by atoms with E-state index in [-0.39, 0.29) is 0 Å². The summed E-state index contributed by atoms with van der Waals surface area (Å²) in [5, 5.41) is 4.68. The highest BCUT2D eigenvalue weighted by Crippen LogP contribution is 2.30. The van der Waals surface area contributed by atoms with Gasteiger partial charge in [-0.15, -0.1) is 0 Å². The minimum atomic E-state index is 0.375. The number of hydrogen-bond acceptors (Lipinski definition) is 0. The summed E-state index contributed by atoms with van der Waals surface area (Å²) in [7, 11) is 0. The third-order valence-corrected chi connectivity index (χ3v) is 2.57. The fourth-order valence-electron chi connectivity index (χ4n) is 2.11. The minimum Gasteiger partial charge on any atom is -0.238 e. The molecule has 1 saturated heterocycles. The molecule has 1 heterocycles. The summed E-state index contributed by atoms with van der Waals surface area (Å²) >= 11 is 0. The fourth-order valence-corrected chi connectivity index (χ4v) is 2.11. The van der Waals surface area contributed by atoms with E-state index in [9.17, 15) is 0 Å². The van der Waals surface area contributed by atoms with E-state index >= 15 is 0 Å². The van der Waals surface area contributed by atoms with E-state index in [1.807, 2.05) is 0 Å². The second-order valence-corrected chi connectivity index (χ2v) is 4.84. The highest BCUT2D eigenvalue weighted by molar-refractivity contribution is 4.87. The average Bonchev–Trinajstić information content (AvgIpc) is 1.86. The third-order valence-electron chi connectivity index (χ3n) is 2.57. The molecule has 0 aromatic rings. The Morgan fingerprint density at radius 2 is 1.91 bits per heavy atom. The Balaban J connectivity index is 2.55. The molecular formula is C10H20N. The van der Waals surface area contributed by atoms with Gasteiger partial charge in [-0.05, 0) is 24.2 Å². The highest BCUT2D eigenvalue weighted by Gasteiger charge is 2.31. The molecule has 0 aliphatic carbocycles. The van der Waals surface area contributed by atoms with Crippen molar-refractivity contribution in [1.82, 2.24) is 5.32 Å². The van der Waals surface area contributed by atoms with E-state index in [1.54, 1.807) is 0 Å². The molecular weight excluding hydrogens is 134 g/mol. The van der Waals surface area contributed by atoms with Crippen LogP contribution in [0.3, 0.4) is 0 Å². The van der Waals surface area contributed by atoms with Gasteiger partial charge in [0, 0.05) is 12.6 Å². The molecule has 1 aliphatic heterocycles. The summed E-state index contributed by atoms with van der Waals surface area (Å²) in [5.74, 6) is 0.795.